The maximum Gasteiger partial charge on any atom is 0.416 e. The number of hydrogen-bond donors (Lipinski definition) is 1. The predicted molar refractivity (Wildman–Crippen MR) is 132 cm³/mol. The summed E-state index contributed by atoms with van der Waals surface area (Å²) in [5.41, 5.74) is 1.52. The van der Waals surface area contributed by atoms with Crippen LogP contribution >= 0.6 is 0 Å². The number of rotatable bonds is 9. The Hall–Kier alpha value is -3.66. The molecule has 0 radical (unpaired) electrons. The molecule has 0 aliphatic carbocycles. The molecule has 3 aromatic rings. The van der Waals surface area contributed by atoms with Crippen LogP contribution in [0.3, 0.4) is 0 Å². The van der Waals surface area contributed by atoms with Gasteiger partial charge in [0.25, 0.3) is 0 Å². The van der Waals surface area contributed by atoms with Crippen LogP contribution in [0.4, 0.5) is 25.3 Å². The first-order chi connectivity index (χ1) is 17.3. The van der Waals surface area contributed by atoms with Gasteiger partial charge in [0, 0.05) is 41.9 Å². The molecule has 0 saturated carbocycles. The number of halogens is 2. The van der Waals surface area contributed by atoms with Gasteiger partial charge in [-0.2, -0.15) is 4.98 Å². The Morgan fingerprint density at radius 3 is 2.72 bits per heavy atom. The number of anilines is 2. The lowest BCUT2D eigenvalue weighted by Gasteiger charge is -2.27. The summed E-state index contributed by atoms with van der Waals surface area (Å²) >= 11 is 0. The number of nitrogens with zero attached hydrogens (tertiary/aromatic N) is 4. The van der Waals surface area contributed by atoms with Crippen LogP contribution in [0.15, 0.2) is 42.7 Å². The Balaban J connectivity index is 1.56. The molecule has 190 valence electrons. The Kier molecular flexibility index (Phi) is 7.73. The number of benzene rings is 1. The summed E-state index contributed by atoms with van der Waals surface area (Å²) in [5.74, 6) is -0.646. The van der Waals surface area contributed by atoms with Crippen LogP contribution in [-0.4, -0.2) is 46.9 Å². The van der Waals surface area contributed by atoms with E-state index in [4.69, 9.17) is 9.47 Å². The largest absolute Gasteiger partial charge is 0.447 e. The highest BCUT2D eigenvalue weighted by atomic mass is 19.1. The topological polar surface area (TPSA) is 89.5 Å². The molecule has 3 atom stereocenters. The number of nitrogens with one attached hydrogen (secondary N) is 1. The molecule has 8 nitrogen and oxygen atoms in total. The van der Waals surface area contributed by atoms with Crippen molar-refractivity contribution in [2.45, 2.75) is 51.8 Å². The fourth-order valence-corrected chi connectivity index (χ4v) is 4.29. The number of pyridine rings is 1. The standard InChI is InChI=1S/C26H29F2N5O3/c1-5-6-23(35-4)22-14-36-26(34)33(22)24-9-10-29-25(32-24)31-16(3)18-11-21(28)19(12-20(18)27)17-8-7-15(2)30-13-17/h7-13,16,22-23H,5-6,14H2,1-4H3,(H,29,31,32)/t16-,22+,23+/m0/s1. The van der Waals surface area contributed by atoms with Gasteiger partial charge in [-0.05, 0) is 44.5 Å². The smallest absolute Gasteiger partial charge is 0.416 e. The van der Waals surface area contributed by atoms with Crippen molar-refractivity contribution in [1.82, 2.24) is 15.0 Å². The Labute approximate surface area is 208 Å². The summed E-state index contributed by atoms with van der Waals surface area (Å²) in [5, 5.41) is 3.00. The Bertz CT molecular complexity index is 1220. The van der Waals surface area contributed by atoms with Gasteiger partial charge in [0.1, 0.15) is 30.1 Å². The quantitative estimate of drug-likeness (QED) is 0.421. The number of methoxy groups -OCH3 is 1. The third-order valence-electron chi connectivity index (χ3n) is 6.22. The fourth-order valence-electron chi connectivity index (χ4n) is 4.29. The van der Waals surface area contributed by atoms with Gasteiger partial charge in [-0.15, -0.1) is 0 Å². The number of carbonyl (C=O) groups excluding carboxylic acids is 1. The van der Waals surface area contributed by atoms with Gasteiger partial charge in [-0.3, -0.25) is 9.88 Å². The van der Waals surface area contributed by atoms with Crippen LogP contribution < -0.4 is 10.2 Å². The van der Waals surface area contributed by atoms with Gasteiger partial charge in [0.15, 0.2) is 0 Å². The van der Waals surface area contributed by atoms with Crippen molar-refractivity contribution in [2.75, 3.05) is 23.9 Å². The molecule has 1 aromatic carbocycles. The zero-order valence-corrected chi connectivity index (χ0v) is 20.7. The van der Waals surface area contributed by atoms with Crippen LogP contribution in [0.25, 0.3) is 11.1 Å². The van der Waals surface area contributed by atoms with E-state index >= 15 is 4.39 Å². The average molecular weight is 498 g/mol. The zero-order chi connectivity index (χ0) is 25.8. The molecular formula is C26H29F2N5O3. The predicted octanol–water partition coefficient (Wildman–Crippen LogP) is 5.44. The van der Waals surface area contributed by atoms with Gasteiger partial charge in [-0.25, -0.2) is 18.6 Å². The first-order valence-corrected chi connectivity index (χ1v) is 11.8. The SMILES string of the molecule is CCC[C@@H](OC)[C@H]1COC(=O)N1c1ccnc(N[C@@H](C)c2cc(F)c(-c3ccc(C)nc3)cc2F)n1. The van der Waals surface area contributed by atoms with Crippen molar-refractivity contribution in [3.05, 3.63) is 65.6 Å². The minimum atomic E-state index is -0.659. The molecule has 4 rings (SSSR count). The summed E-state index contributed by atoms with van der Waals surface area (Å²) in [4.78, 5) is 26.7. The highest BCUT2D eigenvalue weighted by Crippen LogP contribution is 2.30. The summed E-state index contributed by atoms with van der Waals surface area (Å²) in [6.45, 7) is 5.72. The number of ether oxygens (including phenoxy) is 2. The molecule has 0 unspecified atom stereocenters. The van der Waals surface area contributed by atoms with E-state index in [2.05, 4.69) is 20.3 Å². The Morgan fingerprint density at radius 2 is 2.03 bits per heavy atom. The number of carbonyl (C=O) groups is 1. The monoisotopic (exact) mass is 497 g/mol. The van der Waals surface area contributed by atoms with Gasteiger partial charge in [0.05, 0.1) is 12.1 Å². The second kappa shape index (κ2) is 10.9. The van der Waals surface area contributed by atoms with E-state index < -0.39 is 23.8 Å². The third kappa shape index (κ3) is 5.28. The molecule has 1 fully saturated rings. The van der Waals surface area contributed by atoms with Crippen molar-refractivity contribution in [3.8, 4) is 11.1 Å². The van der Waals surface area contributed by atoms with Crippen LogP contribution in [0.5, 0.6) is 0 Å². The molecule has 0 bridgehead atoms. The first kappa shape index (κ1) is 25.4. The molecule has 1 amide bonds. The summed E-state index contributed by atoms with van der Waals surface area (Å²) in [6, 6.07) is 6.37. The number of aromatic nitrogens is 3. The van der Waals surface area contributed by atoms with Gasteiger partial charge >= 0.3 is 6.09 Å². The molecule has 1 aliphatic heterocycles. The minimum absolute atomic E-state index is 0.117. The van der Waals surface area contributed by atoms with E-state index in [-0.39, 0.29) is 35.8 Å². The molecule has 2 aromatic heterocycles. The second-order valence-corrected chi connectivity index (χ2v) is 8.72. The zero-order valence-electron chi connectivity index (χ0n) is 20.7. The van der Waals surface area contributed by atoms with Gasteiger partial charge in [-0.1, -0.05) is 19.4 Å². The lowest BCUT2D eigenvalue weighted by molar-refractivity contribution is 0.0668. The molecule has 1 aliphatic rings. The van der Waals surface area contributed by atoms with E-state index in [0.29, 0.717) is 11.4 Å². The van der Waals surface area contributed by atoms with Gasteiger partial charge < -0.3 is 14.8 Å². The van der Waals surface area contributed by atoms with Crippen molar-refractivity contribution in [3.63, 3.8) is 0 Å². The highest BCUT2D eigenvalue weighted by molar-refractivity contribution is 5.89. The molecule has 36 heavy (non-hydrogen) atoms. The van der Waals surface area contributed by atoms with Crippen molar-refractivity contribution in [1.29, 1.82) is 0 Å². The van der Waals surface area contributed by atoms with Gasteiger partial charge in [0.2, 0.25) is 5.95 Å². The molecule has 1 N–H and O–H groups in total. The number of hydrogen-bond acceptors (Lipinski definition) is 7. The van der Waals surface area contributed by atoms with Crippen LogP contribution in [0.1, 0.15) is 44.0 Å². The first-order valence-electron chi connectivity index (χ1n) is 11.8. The van der Waals surface area contributed by atoms with Crippen molar-refractivity contribution in [2.24, 2.45) is 0 Å². The van der Waals surface area contributed by atoms with E-state index in [1.807, 2.05) is 13.8 Å². The molecule has 10 heteroatoms. The second-order valence-electron chi connectivity index (χ2n) is 8.72. The summed E-state index contributed by atoms with van der Waals surface area (Å²) in [6.07, 6.45) is 3.90. The number of amides is 1. The third-order valence-corrected chi connectivity index (χ3v) is 6.22. The molecule has 1 saturated heterocycles. The normalized spacial score (nSPS) is 17.1. The maximum atomic E-state index is 15.0. The number of cyclic esters (lactones) is 1. The highest BCUT2D eigenvalue weighted by Gasteiger charge is 2.40. The minimum Gasteiger partial charge on any atom is -0.447 e. The van der Waals surface area contributed by atoms with E-state index in [1.54, 1.807) is 32.2 Å². The van der Waals surface area contributed by atoms with Crippen molar-refractivity contribution >= 4 is 17.9 Å². The van der Waals surface area contributed by atoms with Crippen molar-refractivity contribution < 1.29 is 23.0 Å². The molecule has 3 heterocycles. The molecule has 0 spiro atoms. The van der Waals surface area contributed by atoms with E-state index in [0.717, 1.165) is 30.7 Å². The van der Waals surface area contributed by atoms with Crippen LogP contribution in [0, 0.1) is 18.6 Å². The van der Waals surface area contributed by atoms with E-state index in [1.165, 1.54) is 17.3 Å². The number of aryl methyl sites for hydroxylation is 1. The molecular weight excluding hydrogens is 468 g/mol. The maximum absolute atomic E-state index is 15.0. The average Bonchev–Trinajstić information content (AvgIpc) is 3.25. The summed E-state index contributed by atoms with van der Waals surface area (Å²) < 4.78 is 40.8. The fraction of sp³-hybridized carbons (Fsp3) is 0.385. The van der Waals surface area contributed by atoms with Crippen LogP contribution in [0.2, 0.25) is 0 Å². The summed E-state index contributed by atoms with van der Waals surface area (Å²) in [7, 11) is 1.60. The van der Waals surface area contributed by atoms with Crippen LogP contribution in [-0.2, 0) is 9.47 Å². The Morgan fingerprint density at radius 1 is 1.22 bits per heavy atom. The van der Waals surface area contributed by atoms with E-state index in [9.17, 15) is 9.18 Å². The lowest BCUT2D eigenvalue weighted by atomic mass is 10.0. The lowest BCUT2D eigenvalue weighted by Crippen LogP contribution is -2.43.